The van der Waals surface area contributed by atoms with Gasteiger partial charge in [-0.25, -0.2) is 4.98 Å². The molecular formula is C20H25N3OS. The van der Waals surface area contributed by atoms with E-state index in [0.29, 0.717) is 18.3 Å². The maximum atomic E-state index is 12.7. The van der Waals surface area contributed by atoms with Crippen LogP contribution in [0.1, 0.15) is 36.5 Å². The molecule has 25 heavy (non-hydrogen) atoms. The monoisotopic (exact) mass is 355 g/mol. The third kappa shape index (κ3) is 3.76. The van der Waals surface area contributed by atoms with Crippen LogP contribution < -0.4 is 10.5 Å². The fourth-order valence-corrected chi connectivity index (χ4v) is 4.10. The van der Waals surface area contributed by atoms with Crippen LogP contribution in [0.15, 0.2) is 35.1 Å². The van der Waals surface area contributed by atoms with Gasteiger partial charge in [0.05, 0.1) is 11.9 Å². The Kier molecular flexibility index (Phi) is 5.23. The summed E-state index contributed by atoms with van der Waals surface area (Å²) in [6.45, 7) is 7.09. The molecule has 0 aliphatic heterocycles. The van der Waals surface area contributed by atoms with Crippen molar-refractivity contribution in [2.24, 2.45) is 5.92 Å². The highest BCUT2D eigenvalue weighted by molar-refractivity contribution is 7.18. The van der Waals surface area contributed by atoms with Crippen LogP contribution in [0.25, 0.3) is 10.2 Å². The van der Waals surface area contributed by atoms with E-state index in [1.807, 2.05) is 25.2 Å². The third-order valence-corrected chi connectivity index (χ3v) is 5.79. The van der Waals surface area contributed by atoms with Gasteiger partial charge in [0.25, 0.3) is 5.56 Å². The molecule has 0 spiro atoms. The summed E-state index contributed by atoms with van der Waals surface area (Å²) in [4.78, 5) is 24.6. The first kappa shape index (κ1) is 17.7. The van der Waals surface area contributed by atoms with Crippen LogP contribution in [0.2, 0.25) is 0 Å². The van der Waals surface area contributed by atoms with E-state index in [1.54, 1.807) is 11.3 Å². The fourth-order valence-electron chi connectivity index (χ4n) is 3.03. The minimum atomic E-state index is -0.0101. The van der Waals surface area contributed by atoms with E-state index in [4.69, 9.17) is 4.98 Å². The van der Waals surface area contributed by atoms with Gasteiger partial charge in [0.2, 0.25) is 0 Å². The van der Waals surface area contributed by atoms with E-state index < -0.39 is 0 Å². The van der Waals surface area contributed by atoms with Gasteiger partial charge in [-0.05, 0) is 37.0 Å². The van der Waals surface area contributed by atoms with Crippen molar-refractivity contribution in [2.45, 2.75) is 40.2 Å². The smallest absolute Gasteiger partial charge is 0.259 e. The highest BCUT2D eigenvalue weighted by Crippen LogP contribution is 2.29. The Hall–Kier alpha value is -2.14. The van der Waals surface area contributed by atoms with Gasteiger partial charge in [0.1, 0.15) is 10.7 Å². The highest BCUT2D eigenvalue weighted by atomic mass is 32.1. The molecule has 0 saturated heterocycles. The van der Waals surface area contributed by atoms with E-state index in [2.05, 4.69) is 42.8 Å². The zero-order chi connectivity index (χ0) is 18.0. The van der Waals surface area contributed by atoms with Crippen LogP contribution in [-0.2, 0) is 13.0 Å². The Balaban J connectivity index is 1.94. The van der Waals surface area contributed by atoms with E-state index in [-0.39, 0.29) is 5.56 Å². The number of benzene rings is 1. The fraction of sp³-hybridized carbons (Fsp3) is 0.400. The minimum absolute atomic E-state index is 0.0101. The summed E-state index contributed by atoms with van der Waals surface area (Å²) in [6, 6.07) is 10.1. The molecule has 1 atom stereocenters. The Bertz CT molecular complexity index is 914. The molecule has 0 radical (unpaired) electrons. The average molecular weight is 356 g/mol. The van der Waals surface area contributed by atoms with E-state index in [9.17, 15) is 4.79 Å². The van der Waals surface area contributed by atoms with Gasteiger partial charge in [-0.15, -0.1) is 11.3 Å². The molecule has 0 bridgehead atoms. The zero-order valence-electron chi connectivity index (χ0n) is 15.3. The maximum absolute atomic E-state index is 12.7. The number of anilines is 1. The molecule has 0 amide bonds. The molecule has 1 aromatic carbocycles. The first-order valence-electron chi connectivity index (χ1n) is 8.77. The summed E-state index contributed by atoms with van der Waals surface area (Å²) in [5.41, 5.74) is 2.26. The molecule has 0 aliphatic carbocycles. The van der Waals surface area contributed by atoms with Crippen LogP contribution in [0.4, 0.5) is 5.69 Å². The van der Waals surface area contributed by atoms with Crippen molar-refractivity contribution in [1.29, 1.82) is 0 Å². The topological polar surface area (TPSA) is 49.0 Å². The Morgan fingerprint density at radius 3 is 2.68 bits per heavy atom. The van der Waals surface area contributed by atoms with E-state index >= 15 is 0 Å². The molecule has 3 rings (SSSR count). The summed E-state index contributed by atoms with van der Waals surface area (Å²) in [5.74, 6) is 1.28. The van der Waals surface area contributed by atoms with Gasteiger partial charge < -0.3 is 9.88 Å². The number of hydrogen-bond acceptors (Lipinski definition) is 4. The number of rotatable bonds is 6. The summed E-state index contributed by atoms with van der Waals surface area (Å²) < 4.78 is 0. The molecule has 4 nitrogen and oxygen atoms in total. The van der Waals surface area contributed by atoms with Gasteiger partial charge in [-0.3, -0.25) is 4.79 Å². The number of nitrogens with zero attached hydrogens (tertiary/aromatic N) is 2. The number of thiophene rings is 1. The first-order valence-corrected chi connectivity index (χ1v) is 9.58. The van der Waals surface area contributed by atoms with Gasteiger partial charge in [-0.1, -0.05) is 38.5 Å². The molecule has 2 heterocycles. The number of nitrogens with one attached hydrogen (secondary N) is 1. The van der Waals surface area contributed by atoms with Crippen LogP contribution in [0.5, 0.6) is 0 Å². The first-order chi connectivity index (χ1) is 12.0. The molecule has 5 heteroatoms. The second kappa shape index (κ2) is 7.40. The summed E-state index contributed by atoms with van der Waals surface area (Å²) in [5, 5.41) is 0.786. The van der Waals surface area contributed by atoms with Crippen molar-refractivity contribution >= 4 is 27.2 Å². The van der Waals surface area contributed by atoms with Crippen molar-refractivity contribution in [3.63, 3.8) is 0 Å². The molecule has 132 valence electrons. The van der Waals surface area contributed by atoms with Gasteiger partial charge in [-0.2, -0.15) is 0 Å². The van der Waals surface area contributed by atoms with Crippen molar-refractivity contribution in [3.05, 3.63) is 57.0 Å². The van der Waals surface area contributed by atoms with Crippen LogP contribution in [0.3, 0.4) is 0 Å². The normalized spacial score (nSPS) is 12.5. The van der Waals surface area contributed by atoms with Crippen LogP contribution in [0, 0.1) is 12.8 Å². The van der Waals surface area contributed by atoms with E-state index in [0.717, 1.165) is 28.7 Å². The number of hydrogen-bond donors (Lipinski definition) is 1. The van der Waals surface area contributed by atoms with Crippen molar-refractivity contribution < 1.29 is 0 Å². The lowest BCUT2D eigenvalue weighted by molar-refractivity contribution is 0.561. The van der Waals surface area contributed by atoms with Crippen LogP contribution in [-0.4, -0.2) is 17.0 Å². The Morgan fingerprint density at radius 1 is 1.28 bits per heavy atom. The van der Waals surface area contributed by atoms with Crippen LogP contribution >= 0.6 is 11.3 Å². The molecule has 1 N–H and O–H groups in total. The minimum Gasteiger partial charge on any atom is -0.367 e. The number of aromatic nitrogens is 2. The number of fused-ring (bicyclic) bond motifs is 1. The Morgan fingerprint density at radius 2 is 2.00 bits per heavy atom. The Labute approximate surface area is 152 Å². The molecule has 0 saturated carbocycles. The molecule has 0 aliphatic rings. The second-order valence-corrected chi connectivity index (χ2v) is 7.94. The molecule has 0 fully saturated rings. The van der Waals surface area contributed by atoms with E-state index in [1.165, 1.54) is 10.4 Å². The van der Waals surface area contributed by atoms with Gasteiger partial charge in [0, 0.05) is 17.6 Å². The number of aromatic amines is 1. The zero-order valence-corrected chi connectivity index (χ0v) is 16.1. The summed E-state index contributed by atoms with van der Waals surface area (Å²) >= 11 is 1.63. The standard InChI is InChI=1S/C20H25N3OS/c1-5-13(2)11-16-14(3)25-20-18(16)19(24)21-17(22-20)12-23(4)15-9-7-6-8-10-15/h6-10,13H,5,11-12H2,1-4H3,(H,21,22,24). The average Bonchev–Trinajstić information content (AvgIpc) is 2.91. The molecule has 1 unspecified atom stereocenters. The largest absolute Gasteiger partial charge is 0.367 e. The summed E-state index contributed by atoms with van der Waals surface area (Å²) in [6.07, 6.45) is 2.05. The predicted octanol–water partition coefficient (Wildman–Crippen LogP) is 4.52. The predicted molar refractivity (Wildman–Crippen MR) is 107 cm³/mol. The van der Waals surface area contributed by atoms with Crippen molar-refractivity contribution in [3.8, 4) is 0 Å². The quantitative estimate of drug-likeness (QED) is 0.707. The highest BCUT2D eigenvalue weighted by Gasteiger charge is 2.17. The molecule has 2 aromatic heterocycles. The molecule has 3 aromatic rings. The lowest BCUT2D eigenvalue weighted by Gasteiger charge is -2.18. The number of para-hydroxylation sites is 1. The molecular weight excluding hydrogens is 330 g/mol. The lowest BCUT2D eigenvalue weighted by Crippen LogP contribution is -2.21. The SMILES string of the molecule is CCC(C)Cc1c(C)sc2nc(CN(C)c3ccccc3)[nH]c(=O)c12. The van der Waals surface area contributed by atoms with Crippen molar-refractivity contribution in [1.82, 2.24) is 9.97 Å². The number of H-pyrrole nitrogens is 1. The summed E-state index contributed by atoms with van der Waals surface area (Å²) in [7, 11) is 2.01. The van der Waals surface area contributed by atoms with Gasteiger partial charge >= 0.3 is 0 Å². The second-order valence-electron chi connectivity index (χ2n) is 6.74. The maximum Gasteiger partial charge on any atom is 0.259 e. The number of aryl methyl sites for hydroxylation is 1. The van der Waals surface area contributed by atoms with Crippen molar-refractivity contribution in [2.75, 3.05) is 11.9 Å². The lowest BCUT2D eigenvalue weighted by atomic mass is 9.98. The van der Waals surface area contributed by atoms with Gasteiger partial charge in [0.15, 0.2) is 0 Å². The third-order valence-electron chi connectivity index (χ3n) is 4.75.